The molecule has 0 saturated heterocycles. The van der Waals surface area contributed by atoms with Crippen molar-refractivity contribution in [3.8, 4) is 11.5 Å². The predicted octanol–water partition coefficient (Wildman–Crippen LogP) is 4.10. The van der Waals surface area contributed by atoms with E-state index in [9.17, 15) is 14.9 Å². The van der Waals surface area contributed by atoms with Gasteiger partial charge >= 0.3 is 5.97 Å². The van der Waals surface area contributed by atoms with Crippen molar-refractivity contribution in [3.63, 3.8) is 0 Å². The Balaban J connectivity index is 1.51. The molecule has 144 valence electrons. The van der Waals surface area contributed by atoms with Gasteiger partial charge in [-0.25, -0.2) is 0 Å². The van der Waals surface area contributed by atoms with E-state index in [4.69, 9.17) is 9.15 Å². The van der Waals surface area contributed by atoms with Crippen LogP contribution in [0.2, 0.25) is 0 Å². The van der Waals surface area contributed by atoms with Crippen molar-refractivity contribution in [2.75, 3.05) is 5.75 Å². The van der Waals surface area contributed by atoms with Gasteiger partial charge in [0.25, 0.3) is 11.6 Å². The number of hydrogen-bond acceptors (Lipinski definition) is 8. The quantitative estimate of drug-likeness (QED) is 0.253. The van der Waals surface area contributed by atoms with Crippen molar-refractivity contribution < 1.29 is 18.9 Å². The molecule has 0 radical (unpaired) electrons. The summed E-state index contributed by atoms with van der Waals surface area (Å²) in [4.78, 5) is 23.1. The maximum atomic E-state index is 11.9. The summed E-state index contributed by atoms with van der Waals surface area (Å²) in [6, 6.07) is 11.7. The fraction of sp³-hybridized carbons (Fsp3) is 0.211. The molecular formula is C19H17N3O5S. The zero-order valence-corrected chi connectivity index (χ0v) is 16.1. The Labute approximate surface area is 165 Å². The van der Waals surface area contributed by atoms with Crippen LogP contribution in [0.25, 0.3) is 11.5 Å². The van der Waals surface area contributed by atoms with Gasteiger partial charge in [-0.1, -0.05) is 6.07 Å². The van der Waals surface area contributed by atoms with Crippen molar-refractivity contribution >= 4 is 23.4 Å². The van der Waals surface area contributed by atoms with E-state index in [-0.39, 0.29) is 29.8 Å². The highest BCUT2D eigenvalue weighted by molar-refractivity contribution is 8.00. The highest BCUT2D eigenvalue weighted by Crippen LogP contribution is 2.23. The van der Waals surface area contributed by atoms with Gasteiger partial charge in [-0.05, 0) is 49.2 Å². The van der Waals surface area contributed by atoms with Crippen LogP contribution >= 0.6 is 11.8 Å². The molecule has 0 atom stereocenters. The van der Waals surface area contributed by atoms with Crippen LogP contribution in [-0.2, 0) is 16.1 Å². The molecule has 9 heteroatoms. The van der Waals surface area contributed by atoms with Gasteiger partial charge in [0, 0.05) is 22.6 Å². The number of ether oxygens (including phenoxy) is 1. The maximum absolute atomic E-state index is 11.9. The number of carbonyl (C=O) groups excluding carboxylic acids is 1. The summed E-state index contributed by atoms with van der Waals surface area (Å²) >= 11 is 1.40. The van der Waals surface area contributed by atoms with Gasteiger partial charge in [-0.15, -0.1) is 22.0 Å². The summed E-state index contributed by atoms with van der Waals surface area (Å²) in [5.41, 5.74) is 2.88. The predicted molar refractivity (Wildman–Crippen MR) is 103 cm³/mol. The van der Waals surface area contributed by atoms with Crippen LogP contribution in [0, 0.1) is 24.0 Å². The van der Waals surface area contributed by atoms with Crippen LogP contribution in [0.1, 0.15) is 17.0 Å². The maximum Gasteiger partial charge on any atom is 0.316 e. The lowest BCUT2D eigenvalue weighted by molar-refractivity contribution is -0.384. The van der Waals surface area contributed by atoms with Gasteiger partial charge in [0.2, 0.25) is 5.89 Å². The van der Waals surface area contributed by atoms with Gasteiger partial charge in [0.15, 0.2) is 6.61 Å². The Hall–Kier alpha value is -3.20. The lowest BCUT2D eigenvalue weighted by Gasteiger charge is -2.05. The number of nitro groups is 1. The van der Waals surface area contributed by atoms with Gasteiger partial charge in [0.05, 0.1) is 10.7 Å². The molecule has 1 aromatic heterocycles. The number of nitro benzene ring substituents is 1. The summed E-state index contributed by atoms with van der Waals surface area (Å²) in [5, 5.41) is 18.4. The van der Waals surface area contributed by atoms with Crippen LogP contribution in [0.5, 0.6) is 0 Å². The summed E-state index contributed by atoms with van der Waals surface area (Å²) in [5.74, 6) is 0.132. The zero-order chi connectivity index (χ0) is 20.1. The molecule has 0 aliphatic rings. The standard InChI is InChI=1S/C19H17N3O5S/c1-12-3-8-16(9-13(12)2)28-11-18(23)26-10-17-20-21-19(27-17)14-4-6-15(7-5-14)22(24)25/h3-9H,10-11H2,1-2H3. The Bertz CT molecular complexity index is 1000. The topological polar surface area (TPSA) is 108 Å². The van der Waals surface area contributed by atoms with E-state index in [2.05, 4.69) is 10.2 Å². The van der Waals surface area contributed by atoms with Crippen LogP contribution in [-0.4, -0.2) is 26.8 Å². The first-order chi connectivity index (χ1) is 13.4. The number of benzene rings is 2. The number of thioether (sulfide) groups is 1. The summed E-state index contributed by atoms with van der Waals surface area (Å²) in [6.45, 7) is 3.93. The first-order valence-corrected chi connectivity index (χ1v) is 9.34. The molecule has 0 fully saturated rings. The van der Waals surface area contributed by atoms with Crippen molar-refractivity contribution in [1.82, 2.24) is 10.2 Å². The molecular weight excluding hydrogens is 382 g/mol. The van der Waals surface area contributed by atoms with E-state index in [0.29, 0.717) is 5.56 Å². The molecule has 0 spiro atoms. The Kier molecular flexibility index (Phi) is 6.05. The van der Waals surface area contributed by atoms with Gasteiger partial charge in [-0.3, -0.25) is 14.9 Å². The minimum absolute atomic E-state index is 0.0290. The largest absolute Gasteiger partial charge is 0.455 e. The van der Waals surface area contributed by atoms with Crippen molar-refractivity contribution in [3.05, 3.63) is 69.6 Å². The van der Waals surface area contributed by atoms with Gasteiger partial charge in [0.1, 0.15) is 0 Å². The summed E-state index contributed by atoms with van der Waals surface area (Å²) < 4.78 is 10.6. The molecule has 3 rings (SSSR count). The molecule has 0 unspecified atom stereocenters. The summed E-state index contributed by atoms with van der Waals surface area (Å²) in [6.07, 6.45) is 0. The minimum Gasteiger partial charge on any atom is -0.455 e. The molecule has 28 heavy (non-hydrogen) atoms. The number of rotatable bonds is 7. The SMILES string of the molecule is Cc1ccc(SCC(=O)OCc2nnc(-c3ccc([N+](=O)[O-])cc3)o2)cc1C. The fourth-order valence-electron chi connectivity index (χ4n) is 2.28. The van der Waals surface area contributed by atoms with E-state index >= 15 is 0 Å². The first kappa shape index (κ1) is 19.6. The average molecular weight is 399 g/mol. The second kappa shape index (κ2) is 8.66. The highest BCUT2D eigenvalue weighted by atomic mass is 32.2. The number of hydrogen-bond donors (Lipinski definition) is 0. The lowest BCUT2D eigenvalue weighted by Crippen LogP contribution is -2.07. The Morgan fingerprint density at radius 2 is 1.89 bits per heavy atom. The molecule has 3 aromatic rings. The number of esters is 1. The smallest absolute Gasteiger partial charge is 0.316 e. The third-order valence-corrected chi connectivity index (χ3v) is 4.95. The van der Waals surface area contributed by atoms with Crippen LogP contribution in [0.15, 0.2) is 51.8 Å². The van der Waals surface area contributed by atoms with E-state index in [0.717, 1.165) is 4.90 Å². The molecule has 8 nitrogen and oxygen atoms in total. The average Bonchev–Trinajstić information content (AvgIpc) is 3.16. The van der Waals surface area contributed by atoms with E-state index in [1.165, 1.54) is 47.2 Å². The lowest BCUT2D eigenvalue weighted by atomic mass is 10.1. The highest BCUT2D eigenvalue weighted by Gasteiger charge is 2.13. The molecule has 0 N–H and O–H groups in total. The molecule has 0 amide bonds. The Morgan fingerprint density at radius 3 is 2.57 bits per heavy atom. The molecule has 0 saturated carbocycles. The van der Waals surface area contributed by atoms with Gasteiger partial charge in [-0.2, -0.15) is 0 Å². The van der Waals surface area contributed by atoms with Gasteiger partial charge < -0.3 is 9.15 Å². The fourth-order valence-corrected chi connectivity index (χ4v) is 3.08. The third kappa shape index (κ3) is 4.95. The number of carbonyl (C=O) groups is 1. The normalized spacial score (nSPS) is 10.6. The monoisotopic (exact) mass is 399 g/mol. The van der Waals surface area contributed by atoms with Crippen LogP contribution in [0.3, 0.4) is 0 Å². The zero-order valence-electron chi connectivity index (χ0n) is 15.2. The molecule has 1 heterocycles. The van der Waals surface area contributed by atoms with E-state index in [1.54, 1.807) is 0 Å². The number of aryl methyl sites for hydroxylation is 2. The molecule has 0 aliphatic carbocycles. The second-order valence-corrected chi connectivity index (χ2v) is 7.05. The first-order valence-electron chi connectivity index (χ1n) is 8.35. The van der Waals surface area contributed by atoms with E-state index < -0.39 is 10.9 Å². The second-order valence-electron chi connectivity index (χ2n) is 6.00. The third-order valence-electron chi connectivity index (χ3n) is 3.98. The molecule has 2 aromatic carbocycles. The van der Waals surface area contributed by atoms with Crippen molar-refractivity contribution in [2.24, 2.45) is 0 Å². The molecule has 0 bridgehead atoms. The molecule has 0 aliphatic heterocycles. The van der Waals surface area contributed by atoms with Crippen LogP contribution < -0.4 is 0 Å². The number of nitrogens with zero attached hydrogens (tertiary/aromatic N) is 3. The van der Waals surface area contributed by atoms with Crippen LogP contribution in [0.4, 0.5) is 5.69 Å². The minimum atomic E-state index is -0.488. The van der Waals surface area contributed by atoms with Crippen molar-refractivity contribution in [1.29, 1.82) is 0 Å². The van der Waals surface area contributed by atoms with Crippen molar-refractivity contribution in [2.45, 2.75) is 25.3 Å². The van der Waals surface area contributed by atoms with E-state index in [1.807, 2.05) is 32.0 Å². The summed E-state index contributed by atoms with van der Waals surface area (Å²) in [7, 11) is 0. The Morgan fingerprint density at radius 1 is 1.14 bits per heavy atom. The number of non-ortho nitro benzene ring substituents is 1. The number of aromatic nitrogens is 2.